The molecule has 3 N–H and O–H groups in total. The highest BCUT2D eigenvalue weighted by Gasteiger charge is 2.21. The molecule has 0 unspecified atom stereocenters. The second kappa shape index (κ2) is 10.7. The van der Waals surface area contributed by atoms with Crippen molar-refractivity contribution < 1.29 is 13.2 Å². The SMILES string of the molecule is CCOc1cc(N2CC[C@@H](C)C2)ccc1Nc1ncc(Cl)c(Nc2ccccc2S(=O)(=O)NC)n1. The Bertz CT molecular complexity index is 1300. The Balaban J connectivity index is 1.60. The number of anilines is 5. The van der Waals surface area contributed by atoms with Gasteiger partial charge in [0.15, 0.2) is 5.82 Å². The van der Waals surface area contributed by atoms with Crippen LogP contribution in [0.3, 0.4) is 0 Å². The first-order valence-corrected chi connectivity index (χ1v) is 13.3. The van der Waals surface area contributed by atoms with Crippen molar-refractivity contribution in [3.05, 3.63) is 53.7 Å². The number of nitrogens with one attached hydrogen (secondary N) is 3. The van der Waals surface area contributed by atoms with Crippen LogP contribution in [0, 0.1) is 5.92 Å². The van der Waals surface area contributed by atoms with Crippen LogP contribution in [-0.4, -0.2) is 45.1 Å². The van der Waals surface area contributed by atoms with Crippen molar-refractivity contribution >= 4 is 50.5 Å². The van der Waals surface area contributed by atoms with E-state index in [1.54, 1.807) is 18.2 Å². The van der Waals surface area contributed by atoms with E-state index in [1.807, 2.05) is 19.1 Å². The predicted molar refractivity (Wildman–Crippen MR) is 140 cm³/mol. The third-order valence-electron chi connectivity index (χ3n) is 5.74. The van der Waals surface area contributed by atoms with Gasteiger partial charge in [0.2, 0.25) is 16.0 Å². The standard InChI is InChI=1S/C24H29ClN6O3S/c1-4-34-21-13-17(31-12-11-16(2)15-31)9-10-19(21)29-24-27-14-18(25)23(30-24)28-20-7-5-6-8-22(20)35(32,33)26-3/h5-10,13-14,16,26H,4,11-12,15H2,1-3H3,(H2,27,28,29,30)/t16-/m1/s1. The summed E-state index contributed by atoms with van der Waals surface area (Å²) in [5.74, 6) is 1.92. The third kappa shape index (κ3) is 5.77. The fourth-order valence-electron chi connectivity index (χ4n) is 3.93. The van der Waals surface area contributed by atoms with Crippen molar-refractivity contribution in [3.63, 3.8) is 0 Å². The van der Waals surface area contributed by atoms with Gasteiger partial charge in [0.1, 0.15) is 15.7 Å². The van der Waals surface area contributed by atoms with Crippen LogP contribution in [0.4, 0.5) is 28.8 Å². The number of hydrogen-bond acceptors (Lipinski definition) is 8. The first kappa shape index (κ1) is 25.0. The molecule has 0 aliphatic carbocycles. The van der Waals surface area contributed by atoms with Crippen LogP contribution in [0.15, 0.2) is 53.6 Å². The van der Waals surface area contributed by atoms with Crippen molar-refractivity contribution in [2.75, 3.05) is 42.3 Å². The Morgan fingerprint density at radius 1 is 1.17 bits per heavy atom. The van der Waals surface area contributed by atoms with E-state index in [1.165, 1.54) is 25.7 Å². The minimum Gasteiger partial charge on any atom is -0.492 e. The maximum atomic E-state index is 12.4. The number of halogens is 1. The first-order chi connectivity index (χ1) is 16.8. The van der Waals surface area contributed by atoms with Gasteiger partial charge in [-0.25, -0.2) is 18.1 Å². The number of para-hydroxylation sites is 1. The van der Waals surface area contributed by atoms with E-state index in [9.17, 15) is 8.42 Å². The quantitative estimate of drug-likeness (QED) is 0.373. The number of nitrogens with zero attached hydrogens (tertiary/aromatic N) is 3. The normalized spacial score (nSPS) is 15.8. The average molecular weight is 517 g/mol. The van der Waals surface area contributed by atoms with E-state index in [4.69, 9.17) is 16.3 Å². The van der Waals surface area contributed by atoms with Gasteiger partial charge in [0.05, 0.1) is 24.2 Å². The van der Waals surface area contributed by atoms with Gasteiger partial charge in [-0.05, 0) is 50.6 Å². The van der Waals surface area contributed by atoms with E-state index in [0.717, 1.165) is 18.8 Å². The summed E-state index contributed by atoms with van der Waals surface area (Å²) in [6.07, 6.45) is 2.63. The smallest absolute Gasteiger partial charge is 0.242 e. The molecule has 35 heavy (non-hydrogen) atoms. The van der Waals surface area contributed by atoms with Gasteiger partial charge in [-0.15, -0.1) is 0 Å². The molecule has 2 heterocycles. The molecule has 1 aromatic heterocycles. The minimum absolute atomic E-state index is 0.0807. The lowest BCUT2D eigenvalue weighted by molar-refractivity contribution is 0.342. The van der Waals surface area contributed by atoms with E-state index < -0.39 is 10.0 Å². The Hall–Kier alpha value is -3.08. The van der Waals surface area contributed by atoms with Gasteiger partial charge in [-0.3, -0.25) is 0 Å². The van der Waals surface area contributed by atoms with Crippen molar-refractivity contribution in [2.45, 2.75) is 25.2 Å². The topological polar surface area (TPSA) is 108 Å². The molecular formula is C24H29ClN6O3S. The van der Waals surface area contributed by atoms with Crippen LogP contribution in [-0.2, 0) is 10.0 Å². The number of hydrogen-bond donors (Lipinski definition) is 3. The van der Waals surface area contributed by atoms with Crippen molar-refractivity contribution in [1.82, 2.24) is 14.7 Å². The number of aromatic nitrogens is 2. The minimum atomic E-state index is -3.68. The van der Waals surface area contributed by atoms with E-state index in [0.29, 0.717) is 29.6 Å². The van der Waals surface area contributed by atoms with Crippen LogP contribution in [0.1, 0.15) is 20.3 Å². The van der Waals surface area contributed by atoms with Crippen molar-refractivity contribution in [1.29, 1.82) is 0 Å². The Morgan fingerprint density at radius 3 is 2.69 bits per heavy atom. The van der Waals surface area contributed by atoms with Gasteiger partial charge in [-0.1, -0.05) is 30.7 Å². The van der Waals surface area contributed by atoms with Gasteiger partial charge in [0, 0.05) is 24.8 Å². The lowest BCUT2D eigenvalue weighted by Gasteiger charge is -2.21. The van der Waals surface area contributed by atoms with Crippen LogP contribution in [0.2, 0.25) is 5.02 Å². The lowest BCUT2D eigenvalue weighted by atomic mass is 10.2. The average Bonchev–Trinajstić information content (AvgIpc) is 3.29. The number of rotatable bonds is 9. The summed E-state index contributed by atoms with van der Waals surface area (Å²) in [6.45, 7) is 6.76. The molecule has 11 heteroatoms. The number of benzene rings is 2. The summed E-state index contributed by atoms with van der Waals surface area (Å²) < 4.78 is 33.0. The monoisotopic (exact) mass is 516 g/mol. The first-order valence-electron chi connectivity index (χ1n) is 11.4. The Kier molecular flexibility index (Phi) is 7.63. The van der Waals surface area contributed by atoms with Gasteiger partial charge < -0.3 is 20.3 Å². The molecule has 0 amide bonds. The highest BCUT2D eigenvalue weighted by atomic mass is 35.5. The molecule has 0 spiro atoms. The maximum absolute atomic E-state index is 12.4. The largest absolute Gasteiger partial charge is 0.492 e. The maximum Gasteiger partial charge on any atom is 0.242 e. The molecule has 2 aromatic carbocycles. The number of sulfonamides is 1. The van der Waals surface area contributed by atoms with E-state index in [2.05, 4.69) is 43.2 Å². The Labute approximate surface area is 210 Å². The second-order valence-corrected chi connectivity index (χ2v) is 10.6. The summed E-state index contributed by atoms with van der Waals surface area (Å²) in [5.41, 5.74) is 2.17. The summed E-state index contributed by atoms with van der Waals surface area (Å²) >= 11 is 6.33. The third-order valence-corrected chi connectivity index (χ3v) is 7.49. The fraction of sp³-hybridized carbons (Fsp3) is 0.333. The molecular weight excluding hydrogens is 488 g/mol. The molecule has 0 radical (unpaired) electrons. The predicted octanol–water partition coefficient (Wildman–Crippen LogP) is 4.77. The van der Waals surface area contributed by atoms with Gasteiger partial charge in [-0.2, -0.15) is 4.98 Å². The zero-order valence-corrected chi connectivity index (χ0v) is 21.4. The van der Waals surface area contributed by atoms with Crippen LogP contribution in [0.25, 0.3) is 0 Å². The van der Waals surface area contributed by atoms with E-state index in [-0.39, 0.29) is 21.7 Å². The second-order valence-electron chi connectivity index (χ2n) is 8.30. The highest BCUT2D eigenvalue weighted by Crippen LogP contribution is 2.35. The molecule has 1 saturated heterocycles. The molecule has 3 aromatic rings. The summed E-state index contributed by atoms with van der Waals surface area (Å²) in [6, 6.07) is 12.5. The molecule has 9 nitrogen and oxygen atoms in total. The summed E-state index contributed by atoms with van der Waals surface area (Å²) in [5, 5.41) is 6.46. The van der Waals surface area contributed by atoms with Crippen LogP contribution < -0.4 is 25.0 Å². The van der Waals surface area contributed by atoms with Crippen LogP contribution >= 0.6 is 11.6 Å². The number of ether oxygens (including phenoxy) is 1. The highest BCUT2D eigenvalue weighted by molar-refractivity contribution is 7.89. The molecule has 4 rings (SSSR count). The summed E-state index contributed by atoms with van der Waals surface area (Å²) in [4.78, 5) is 11.2. The zero-order valence-electron chi connectivity index (χ0n) is 19.9. The Morgan fingerprint density at radius 2 is 1.97 bits per heavy atom. The van der Waals surface area contributed by atoms with Crippen molar-refractivity contribution in [3.8, 4) is 5.75 Å². The van der Waals surface area contributed by atoms with Gasteiger partial charge >= 0.3 is 0 Å². The molecule has 1 atom stereocenters. The molecule has 0 saturated carbocycles. The lowest BCUT2D eigenvalue weighted by Crippen LogP contribution is -2.19. The molecule has 186 valence electrons. The fourth-order valence-corrected chi connectivity index (χ4v) is 4.96. The van der Waals surface area contributed by atoms with Crippen LogP contribution in [0.5, 0.6) is 5.75 Å². The molecule has 1 aliphatic heterocycles. The molecule has 1 aliphatic rings. The van der Waals surface area contributed by atoms with Gasteiger partial charge in [0.25, 0.3) is 0 Å². The molecule has 1 fully saturated rings. The molecule has 0 bridgehead atoms. The summed E-state index contributed by atoms with van der Waals surface area (Å²) in [7, 11) is -2.32. The van der Waals surface area contributed by atoms with Crippen molar-refractivity contribution in [2.24, 2.45) is 5.92 Å². The van der Waals surface area contributed by atoms with E-state index >= 15 is 0 Å². The zero-order chi connectivity index (χ0) is 25.0.